The van der Waals surface area contributed by atoms with Crippen LogP contribution in [0.4, 0.5) is 5.69 Å². The predicted octanol–water partition coefficient (Wildman–Crippen LogP) is 5.80. The monoisotopic (exact) mass is 312 g/mol. The van der Waals surface area contributed by atoms with E-state index in [1.54, 1.807) is 11.8 Å². The zero-order chi connectivity index (χ0) is 16.2. The van der Waals surface area contributed by atoms with Crippen LogP contribution >= 0.6 is 11.8 Å². The standard InChI is InChI=1S/C19H24N2S/c1-14-10-12-15(13-11-14)16-8-6-7-9-17(16)20-21-18(22-5)19(2,3)4/h6-13,20H,1-5H3/b21-18+. The molecule has 0 atom stereocenters. The fraction of sp³-hybridized carbons (Fsp3) is 0.316. The van der Waals surface area contributed by atoms with Gasteiger partial charge in [0.1, 0.15) is 0 Å². The van der Waals surface area contributed by atoms with Gasteiger partial charge in [0.2, 0.25) is 0 Å². The molecular formula is C19H24N2S. The van der Waals surface area contributed by atoms with E-state index in [0.29, 0.717) is 0 Å². The molecule has 1 N–H and O–H groups in total. The van der Waals surface area contributed by atoms with Crippen molar-refractivity contribution in [2.45, 2.75) is 27.7 Å². The number of hydrazone groups is 1. The molecule has 0 spiro atoms. The van der Waals surface area contributed by atoms with E-state index in [1.165, 1.54) is 16.7 Å². The number of hydrogen-bond donors (Lipinski definition) is 1. The Hall–Kier alpha value is -1.74. The van der Waals surface area contributed by atoms with Crippen molar-refractivity contribution >= 4 is 22.5 Å². The predicted molar refractivity (Wildman–Crippen MR) is 101 cm³/mol. The van der Waals surface area contributed by atoms with E-state index in [4.69, 9.17) is 0 Å². The lowest BCUT2D eigenvalue weighted by Crippen LogP contribution is -2.18. The fourth-order valence-electron chi connectivity index (χ4n) is 2.20. The average Bonchev–Trinajstić information content (AvgIpc) is 2.48. The lowest BCUT2D eigenvalue weighted by Gasteiger charge is -2.20. The van der Waals surface area contributed by atoms with Crippen molar-refractivity contribution in [2.75, 3.05) is 11.7 Å². The Kier molecular flexibility index (Phi) is 5.30. The quantitative estimate of drug-likeness (QED) is 0.440. The Morgan fingerprint density at radius 2 is 1.64 bits per heavy atom. The van der Waals surface area contributed by atoms with Crippen LogP contribution in [0.1, 0.15) is 26.3 Å². The van der Waals surface area contributed by atoms with Crippen LogP contribution in [0.15, 0.2) is 53.6 Å². The van der Waals surface area contributed by atoms with E-state index in [9.17, 15) is 0 Å². The summed E-state index contributed by atoms with van der Waals surface area (Å²) in [5, 5.41) is 5.71. The molecule has 0 aromatic heterocycles. The lowest BCUT2D eigenvalue weighted by molar-refractivity contribution is 0.601. The highest BCUT2D eigenvalue weighted by atomic mass is 32.2. The van der Waals surface area contributed by atoms with Crippen LogP contribution in [0.5, 0.6) is 0 Å². The van der Waals surface area contributed by atoms with Crippen molar-refractivity contribution in [1.82, 2.24) is 0 Å². The molecule has 0 aliphatic heterocycles. The van der Waals surface area contributed by atoms with E-state index in [0.717, 1.165) is 10.7 Å². The summed E-state index contributed by atoms with van der Waals surface area (Å²) in [7, 11) is 0. The molecular weight excluding hydrogens is 288 g/mol. The topological polar surface area (TPSA) is 24.4 Å². The summed E-state index contributed by atoms with van der Waals surface area (Å²) in [5.74, 6) is 0. The van der Waals surface area contributed by atoms with Gasteiger partial charge in [-0.1, -0.05) is 68.8 Å². The number of hydrogen-bond acceptors (Lipinski definition) is 3. The largest absolute Gasteiger partial charge is 0.277 e. The van der Waals surface area contributed by atoms with Gasteiger partial charge in [0.05, 0.1) is 10.7 Å². The molecule has 0 aliphatic carbocycles. The number of para-hydroxylation sites is 1. The molecule has 2 nitrogen and oxygen atoms in total. The van der Waals surface area contributed by atoms with Crippen LogP contribution < -0.4 is 5.43 Å². The van der Waals surface area contributed by atoms with Gasteiger partial charge in [0.25, 0.3) is 0 Å². The second-order valence-corrected chi connectivity index (χ2v) is 7.19. The van der Waals surface area contributed by atoms with Crippen LogP contribution in [0.2, 0.25) is 0 Å². The number of nitrogens with one attached hydrogen (secondary N) is 1. The molecule has 3 heteroatoms. The Morgan fingerprint density at radius 3 is 2.23 bits per heavy atom. The van der Waals surface area contributed by atoms with Crippen molar-refractivity contribution in [1.29, 1.82) is 0 Å². The van der Waals surface area contributed by atoms with E-state index in [2.05, 4.69) is 86.9 Å². The first kappa shape index (κ1) is 16.6. The molecule has 0 saturated carbocycles. The molecule has 0 fully saturated rings. The van der Waals surface area contributed by atoms with Crippen LogP contribution in [0.3, 0.4) is 0 Å². The molecule has 0 unspecified atom stereocenters. The van der Waals surface area contributed by atoms with Gasteiger partial charge in [-0.2, -0.15) is 5.10 Å². The molecule has 0 radical (unpaired) electrons. The van der Waals surface area contributed by atoms with Crippen LogP contribution in [-0.2, 0) is 0 Å². The maximum absolute atomic E-state index is 4.62. The molecule has 0 bridgehead atoms. The molecule has 0 aliphatic rings. The third-order valence-electron chi connectivity index (χ3n) is 3.40. The smallest absolute Gasteiger partial charge is 0.0986 e. The zero-order valence-electron chi connectivity index (χ0n) is 14.0. The molecule has 0 heterocycles. The summed E-state index contributed by atoms with van der Waals surface area (Å²) in [6.45, 7) is 8.63. The molecule has 2 aromatic carbocycles. The van der Waals surface area contributed by atoms with E-state index in [1.807, 2.05) is 6.07 Å². The minimum atomic E-state index is 0.0468. The molecule has 2 rings (SSSR count). The number of thioether (sulfide) groups is 1. The summed E-state index contributed by atoms with van der Waals surface area (Å²) in [6.07, 6.45) is 2.07. The first-order valence-corrected chi connectivity index (χ1v) is 8.68. The molecule has 116 valence electrons. The van der Waals surface area contributed by atoms with Gasteiger partial charge in [-0.3, -0.25) is 5.43 Å². The Bertz CT molecular complexity index is 652. The third-order valence-corrected chi connectivity index (χ3v) is 4.49. The second-order valence-electron chi connectivity index (χ2n) is 6.39. The highest BCUT2D eigenvalue weighted by Gasteiger charge is 2.18. The highest BCUT2D eigenvalue weighted by molar-refractivity contribution is 8.13. The van der Waals surface area contributed by atoms with Gasteiger partial charge in [-0.05, 0) is 24.8 Å². The summed E-state index contributed by atoms with van der Waals surface area (Å²) in [4.78, 5) is 0. The Balaban J connectivity index is 2.33. The van der Waals surface area contributed by atoms with Crippen LogP contribution in [0, 0.1) is 12.3 Å². The number of rotatable bonds is 3. The summed E-state index contributed by atoms with van der Waals surface area (Å²) in [5.41, 5.74) is 7.96. The fourth-order valence-corrected chi connectivity index (χ4v) is 2.95. The van der Waals surface area contributed by atoms with Gasteiger partial charge in [0, 0.05) is 11.0 Å². The number of anilines is 1. The zero-order valence-corrected chi connectivity index (χ0v) is 14.8. The summed E-state index contributed by atoms with van der Waals surface area (Å²) < 4.78 is 0. The number of benzene rings is 2. The maximum atomic E-state index is 4.62. The van der Waals surface area contributed by atoms with Crippen molar-refractivity contribution < 1.29 is 0 Å². The van der Waals surface area contributed by atoms with Crippen molar-refractivity contribution in [3.63, 3.8) is 0 Å². The molecule has 22 heavy (non-hydrogen) atoms. The minimum absolute atomic E-state index is 0.0468. The highest BCUT2D eigenvalue weighted by Crippen LogP contribution is 2.29. The van der Waals surface area contributed by atoms with Gasteiger partial charge >= 0.3 is 0 Å². The van der Waals surface area contributed by atoms with Crippen LogP contribution in [0.25, 0.3) is 11.1 Å². The molecule has 2 aromatic rings. The number of nitrogens with zero attached hydrogens (tertiary/aromatic N) is 1. The van der Waals surface area contributed by atoms with Crippen LogP contribution in [-0.4, -0.2) is 11.3 Å². The SMILES string of the molecule is CS/C(=N/Nc1ccccc1-c1ccc(C)cc1)C(C)(C)C. The van der Waals surface area contributed by atoms with Gasteiger partial charge < -0.3 is 0 Å². The average molecular weight is 312 g/mol. The van der Waals surface area contributed by atoms with Gasteiger partial charge in [0.15, 0.2) is 0 Å². The first-order chi connectivity index (χ1) is 10.4. The van der Waals surface area contributed by atoms with E-state index < -0.39 is 0 Å². The Labute approximate surface area is 138 Å². The van der Waals surface area contributed by atoms with Crippen molar-refractivity contribution in [2.24, 2.45) is 10.5 Å². The first-order valence-electron chi connectivity index (χ1n) is 7.46. The summed E-state index contributed by atoms with van der Waals surface area (Å²) in [6, 6.07) is 16.9. The normalized spacial score (nSPS) is 12.3. The van der Waals surface area contributed by atoms with Gasteiger partial charge in [-0.25, -0.2) is 0 Å². The van der Waals surface area contributed by atoms with Crippen molar-refractivity contribution in [3.8, 4) is 11.1 Å². The minimum Gasteiger partial charge on any atom is -0.277 e. The maximum Gasteiger partial charge on any atom is 0.0986 e. The second kappa shape index (κ2) is 7.01. The van der Waals surface area contributed by atoms with Gasteiger partial charge in [-0.15, -0.1) is 11.8 Å². The molecule has 0 amide bonds. The summed E-state index contributed by atoms with van der Waals surface area (Å²) >= 11 is 1.69. The van der Waals surface area contributed by atoms with E-state index >= 15 is 0 Å². The Morgan fingerprint density at radius 1 is 1.00 bits per heavy atom. The molecule has 0 saturated heterocycles. The third kappa shape index (κ3) is 4.14. The van der Waals surface area contributed by atoms with Crippen molar-refractivity contribution in [3.05, 3.63) is 54.1 Å². The number of aryl methyl sites for hydroxylation is 1. The van der Waals surface area contributed by atoms with E-state index in [-0.39, 0.29) is 5.41 Å². The lowest BCUT2D eigenvalue weighted by atomic mass is 9.99.